The summed E-state index contributed by atoms with van der Waals surface area (Å²) in [7, 11) is 0. The van der Waals surface area contributed by atoms with E-state index in [4.69, 9.17) is 9.47 Å². The number of amides is 2. The Morgan fingerprint density at radius 2 is 1.35 bits per heavy atom. The Bertz CT molecular complexity index is 337. The van der Waals surface area contributed by atoms with Gasteiger partial charge in [-0.2, -0.15) is 0 Å². The first-order valence-electron chi connectivity index (χ1n) is 6.61. The summed E-state index contributed by atoms with van der Waals surface area (Å²) in [5, 5.41) is 0. The Morgan fingerprint density at radius 3 is 1.55 bits per heavy atom. The third kappa shape index (κ3) is 6.54. The molecule has 0 N–H and O–H groups in total. The summed E-state index contributed by atoms with van der Waals surface area (Å²) in [6.45, 7) is 11.8. The number of carbonyl (C=O) groups excluding carboxylic acids is 3. The lowest BCUT2D eigenvalue weighted by Crippen LogP contribution is -2.49. The quantitative estimate of drug-likeness (QED) is 0.745. The molecule has 0 rings (SSSR count). The molecule has 6 nitrogen and oxygen atoms in total. The molecule has 0 heterocycles. The first-order chi connectivity index (χ1) is 8.91. The fourth-order valence-electron chi connectivity index (χ4n) is 1.31. The summed E-state index contributed by atoms with van der Waals surface area (Å²) >= 11 is 0. The minimum Gasteiger partial charge on any atom is -0.443 e. The predicted molar refractivity (Wildman–Crippen MR) is 74.5 cm³/mol. The van der Waals surface area contributed by atoms with Crippen molar-refractivity contribution in [3.63, 3.8) is 0 Å². The van der Waals surface area contributed by atoms with Crippen LogP contribution in [0.1, 0.15) is 54.9 Å². The monoisotopic (exact) mass is 287 g/mol. The zero-order valence-electron chi connectivity index (χ0n) is 13.4. The Kier molecular flexibility index (Phi) is 6.19. The molecule has 0 saturated heterocycles. The van der Waals surface area contributed by atoms with Crippen LogP contribution in [0.4, 0.5) is 9.59 Å². The number of aldehydes is 1. The maximum absolute atomic E-state index is 12.1. The number of nitrogens with zero attached hydrogens (tertiary/aromatic N) is 1. The first kappa shape index (κ1) is 18.4. The minimum absolute atomic E-state index is 0.294. The van der Waals surface area contributed by atoms with E-state index in [1.807, 2.05) is 0 Å². The third-order valence-corrected chi connectivity index (χ3v) is 2.09. The average Bonchev–Trinajstić information content (AvgIpc) is 2.19. The molecular weight excluding hydrogens is 262 g/mol. The van der Waals surface area contributed by atoms with Crippen LogP contribution in [0.25, 0.3) is 0 Å². The summed E-state index contributed by atoms with van der Waals surface area (Å²) in [6.07, 6.45) is -0.938. The second kappa shape index (κ2) is 6.72. The van der Waals surface area contributed by atoms with Crippen molar-refractivity contribution in [2.24, 2.45) is 0 Å². The predicted octanol–water partition coefficient (Wildman–Crippen LogP) is 3.14. The van der Waals surface area contributed by atoms with Crippen molar-refractivity contribution >= 4 is 18.5 Å². The lowest BCUT2D eigenvalue weighted by molar-refractivity contribution is -0.112. The van der Waals surface area contributed by atoms with Gasteiger partial charge in [0.1, 0.15) is 23.5 Å². The molecule has 0 aliphatic rings. The molecule has 0 saturated carbocycles. The van der Waals surface area contributed by atoms with Crippen molar-refractivity contribution in [1.29, 1.82) is 0 Å². The number of hydrogen-bond acceptors (Lipinski definition) is 5. The van der Waals surface area contributed by atoms with E-state index in [2.05, 4.69) is 0 Å². The molecule has 20 heavy (non-hydrogen) atoms. The van der Waals surface area contributed by atoms with Crippen molar-refractivity contribution in [1.82, 2.24) is 4.90 Å². The molecule has 1 atom stereocenters. The van der Waals surface area contributed by atoms with E-state index in [0.717, 1.165) is 4.90 Å². The van der Waals surface area contributed by atoms with Gasteiger partial charge in [0.05, 0.1) is 0 Å². The third-order valence-electron chi connectivity index (χ3n) is 2.09. The molecule has 2 amide bonds. The average molecular weight is 287 g/mol. The van der Waals surface area contributed by atoms with E-state index in [-0.39, 0.29) is 0 Å². The molecule has 0 aliphatic heterocycles. The van der Waals surface area contributed by atoms with Gasteiger partial charge in [0.2, 0.25) is 0 Å². The van der Waals surface area contributed by atoms with Crippen LogP contribution >= 0.6 is 0 Å². The van der Waals surface area contributed by atoms with Gasteiger partial charge < -0.3 is 14.3 Å². The zero-order valence-corrected chi connectivity index (χ0v) is 13.4. The van der Waals surface area contributed by atoms with Crippen LogP contribution in [-0.4, -0.2) is 40.6 Å². The van der Waals surface area contributed by atoms with Crippen LogP contribution < -0.4 is 0 Å². The van der Waals surface area contributed by atoms with Crippen LogP contribution in [-0.2, 0) is 14.3 Å². The second-order valence-electron chi connectivity index (χ2n) is 6.44. The summed E-state index contributed by atoms with van der Waals surface area (Å²) < 4.78 is 10.3. The van der Waals surface area contributed by atoms with Gasteiger partial charge in [0, 0.05) is 0 Å². The fraction of sp³-hybridized carbons (Fsp3) is 0.786. The van der Waals surface area contributed by atoms with Gasteiger partial charge in [-0.15, -0.1) is 0 Å². The molecule has 0 radical (unpaired) electrons. The Morgan fingerprint density at radius 1 is 1.00 bits per heavy atom. The number of ether oxygens (including phenoxy) is 2. The van der Waals surface area contributed by atoms with E-state index in [0.29, 0.717) is 12.7 Å². The number of rotatable bonds is 3. The van der Waals surface area contributed by atoms with Gasteiger partial charge >= 0.3 is 12.2 Å². The number of imide groups is 1. The molecule has 0 bridgehead atoms. The molecular formula is C14H25NO5. The molecule has 0 aliphatic carbocycles. The van der Waals surface area contributed by atoms with Gasteiger partial charge in [-0.25, -0.2) is 14.5 Å². The summed E-state index contributed by atoms with van der Waals surface area (Å²) in [5.41, 5.74) is -1.53. The highest BCUT2D eigenvalue weighted by atomic mass is 16.6. The van der Waals surface area contributed by atoms with Gasteiger partial charge in [0.25, 0.3) is 0 Å². The van der Waals surface area contributed by atoms with E-state index in [9.17, 15) is 14.4 Å². The van der Waals surface area contributed by atoms with E-state index in [1.54, 1.807) is 48.5 Å². The largest absolute Gasteiger partial charge is 0.443 e. The molecule has 0 aromatic rings. The maximum atomic E-state index is 12.1. The van der Waals surface area contributed by atoms with Gasteiger partial charge in [0.15, 0.2) is 0 Å². The summed E-state index contributed by atoms with van der Waals surface area (Å²) in [6, 6.07) is -0.903. The van der Waals surface area contributed by atoms with Gasteiger partial charge in [-0.1, -0.05) is 6.92 Å². The zero-order chi connectivity index (χ0) is 16.1. The minimum atomic E-state index is -0.903. The van der Waals surface area contributed by atoms with E-state index < -0.39 is 29.4 Å². The van der Waals surface area contributed by atoms with E-state index >= 15 is 0 Å². The van der Waals surface area contributed by atoms with Crippen LogP contribution in [0.15, 0.2) is 0 Å². The SMILES string of the molecule is CCC(C=O)N(C(=O)OC(C)(C)C)C(=O)OC(C)(C)C. The van der Waals surface area contributed by atoms with Crippen molar-refractivity contribution in [3.8, 4) is 0 Å². The highest BCUT2D eigenvalue weighted by Gasteiger charge is 2.35. The van der Waals surface area contributed by atoms with E-state index in [1.165, 1.54) is 0 Å². The highest BCUT2D eigenvalue weighted by Crippen LogP contribution is 2.17. The standard InChI is InChI=1S/C14H25NO5/c1-8-10(9-16)15(11(17)19-13(2,3)4)12(18)20-14(5,6)7/h9-10H,8H2,1-7H3. The lowest BCUT2D eigenvalue weighted by atomic mass is 10.2. The van der Waals surface area contributed by atoms with Crippen LogP contribution in [0.3, 0.4) is 0 Å². The molecule has 0 aromatic heterocycles. The number of carbonyl (C=O) groups is 3. The summed E-state index contributed by atoms with van der Waals surface area (Å²) in [5.74, 6) is 0. The molecule has 0 fully saturated rings. The van der Waals surface area contributed by atoms with Crippen molar-refractivity contribution in [3.05, 3.63) is 0 Å². The molecule has 0 spiro atoms. The van der Waals surface area contributed by atoms with Crippen LogP contribution in [0.5, 0.6) is 0 Å². The normalized spacial score (nSPS) is 13.3. The highest BCUT2D eigenvalue weighted by molar-refractivity contribution is 5.91. The van der Waals surface area contributed by atoms with Crippen molar-refractivity contribution in [2.45, 2.75) is 72.1 Å². The Labute approximate surface area is 120 Å². The topological polar surface area (TPSA) is 72.9 Å². The second-order valence-corrected chi connectivity index (χ2v) is 6.44. The van der Waals surface area contributed by atoms with Crippen molar-refractivity contribution < 1.29 is 23.9 Å². The van der Waals surface area contributed by atoms with Crippen molar-refractivity contribution in [2.75, 3.05) is 0 Å². The smallest absolute Gasteiger partial charge is 0.420 e. The molecule has 1 unspecified atom stereocenters. The summed E-state index contributed by atoms with van der Waals surface area (Å²) in [4.78, 5) is 36.0. The molecule has 0 aromatic carbocycles. The fourth-order valence-corrected chi connectivity index (χ4v) is 1.31. The van der Waals surface area contributed by atoms with Crippen LogP contribution in [0, 0.1) is 0 Å². The molecule has 116 valence electrons. The van der Waals surface area contributed by atoms with Crippen LogP contribution in [0.2, 0.25) is 0 Å². The maximum Gasteiger partial charge on any atom is 0.420 e. The Balaban J connectivity index is 5.23. The lowest BCUT2D eigenvalue weighted by Gasteiger charge is -2.30. The Hall–Kier alpha value is -1.59. The number of hydrogen-bond donors (Lipinski definition) is 0. The first-order valence-corrected chi connectivity index (χ1v) is 6.61. The van der Waals surface area contributed by atoms with Gasteiger partial charge in [-0.3, -0.25) is 0 Å². The molecule has 6 heteroatoms. The van der Waals surface area contributed by atoms with Gasteiger partial charge in [-0.05, 0) is 48.0 Å².